The zero-order valence-electron chi connectivity index (χ0n) is 15.1. The van der Waals surface area contributed by atoms with Crippen molar-refractivity contribution in [2.75, 3.05) is 0 Å². The normalized spacial score (nSPS) is 23.0. The molecule has 1 spiro atoms. The third-order valence-corrected chi connectivity index (χ3v) is 6.20. The molecule has 3 heteroatoms. The lowest BCUT2D eigenvalue weighted by Gasteiger charge is -2.38. The summed E-state index contributed by atoms with van der Waals surface area (Å²) < 4.78 is 0. The maximum absolute atomic E-state index is 10.0. The van der Waals surface area contributed by atoms with Gasteiger partial charge in [-0.25, -0.2) is 0 Å². The van der Waals surface area contributed by atoms with Gasteiger partial charge in [-0.05, 0) is 62.2 Å². The van der Waals surface area contributed by atoms with Crippen LogP contribution in [0.5, 0.6) is 0 Å². The van der Waals surface area contributed by atoms with Crippen LogP contribution in [-0.4, -0.2) is 17.2 Å². The Bertz CT molecular complexity index is 1230. The summed E-state index contributed by atoms with van der Waals surface area (Å²) in [7, 11) is -1.51. The number of fused-ring (bicyclic) bond motifs is 8. The summed E-state index contributed by atoms with van der Waals surface area (Å²) in [6.45, 7) is 0. The summed E-state index contributed by atoms with van der Waals surface area (Å²) in [6, 6.07) is 16.7. The summed E-state index contributed by atoms with van der Waals surface area (Å²) in [6.07, 6.45) is 14.9. The van der Waals surface area contributed by atoms with E-state index >= 15 is 0 Å². The number of rotatable bonds is 1. The molecule has 0 aliphatic heterocycles. The van der Waals surface area contributed by atoms with Gasteiger partial charge in [0.15, 0.2) is 0 Å². The molecule has 1 unspecified atom stereocenters. The Morgan fingerprint density at radius 2 is 1.32 bits per heavy atom. The predicted octanol–water partition coefficient (Wildman–Crippen LogP) is 4.46. The van der Waals surface area contributed by atoms with Crippen LogP contribution in [0.15, 0.2) is 95.5 Å². The van der Waals surface area contributed by atoms with Gasteiger partial charge in [-0.3, -0.25) is 0 Å². The predicted molar refractivity (Wildman–Crippen MR) is 115 cm³/mol. The van der Waals surface area contributed by atoms with Crippen LogP contribution < -0.4 is 0 Å². The Morgan fingerprint density at radius 1 is 0.714 bits per heavy atom. The first-order valence-electron chi connectivity index (χ1n) is 9.51. The van der Waals surface area contributed by atoms with E-state index in [1.807, 2.05) is 24.3 Å². The molecule has 2 nitrogen and oxygen atoms in total. The Morgan fingerprint density at radius 3 is 2.00 bits per heavy atom. The molecule has 2 aromatic rings. The monoisotopic (exact) mass is 360 g/mol. The van der Waals surface area contributed by atoms with E-state index in [2.05, 4.69) is 66.8 Å². The van der Waals surface area contributed by atoms with Crippen LogP contribution in [0.3, 0.4) is 0 Å². The van der Waals surface area contributed by atoms with E-state index in [9.17, 15) is 10.0 Å². The standard InChI is InChI=1S/C25H17BO2/c27-26(28)18-14-22-20-9-4-2-7-17(20)13-24(22)25(15-18)11-5-10-21-19-8-3-1-6-16(19)12-23(21)25/h1-15,27-28H. The largest absolute Gasteiger partial charge is 0.488 e. The Labute approximate surface area is 164 Å². The van der Waals surface area contributed by atoms with Crippen molar-refractivity contribution >= 4 is 30.4 Å². The Kier molecular flexibility index (Phi) is 3.09. The van der Waals surface area contributed by atoms with Gasteiger partial charge in [-0.1, -0.05) is 78.9 Å². The quantitative estimate of drug-likeness (QED) is 0.738. The molecule has 0 aromatic heterocycles. The van der Waals surface area contributed by atoms with E-state index in [1.165, 1.54) is 33.4 Å². The molecule has 2 N–H and O–H groups in total. The van der Waals surface area contributed by atoms with Gasteiger partial charge in [0.05, 0.1) is 5.41 Å². The second-order valence-electron chi connectivity index (χ2n) is 7.68. The first-order chi connectivity index (χ1) is 13.7. The maximum Gasteiger partial charge on any atom is 0.488 e. The molecule has 1 atom stereocenters. The molecule has 4 aliphatic rings. The number of benzene rings is 2. The van der Waals surface area contributed by atoms with Crippen LogP contribution in [0.2, 0.25) is 0 Å². The van der Waals surface area contributed by atoms with Crippen molar-refractivity contribution in [1.29, 1.82) is 0 Å². The van der Waals surface area contributed by atoms with Crippen LogP contribution >= 0.6 is 0 Å². The highest BCUT2D eigenvalue weighted by Crippen LogP contribution is 2.59. The lowest BCUT2D eigenvalue weighted by atomic mass is 9.60. The van der Waals surface area contributed by atoms with Gasteiger partial charge in [0.1, 0.15) is 0 Å². The summed E-state index contributed by atoms with van der Waals surface area (Å²) in [5.74, 6) is 0. The summed E-state index contributed by atoms with van der Waals surface area (Å²) in [5, 5.41) is 20.1. The lowest BCUT2D eigenvalue weighted by Crippen LogP contribution is -2.29. The minimum absolute atomic E-state index is 0.509. The highest BCUT2D eigenvalue weighted by Gasteiger charge is 2.45. The molecular formula is C25H17BO2. The fourth-order valence-electron chi connectivity index (χ4n) is 4.96. The van der Waals surface area contributed by atoms with Crippen LogP contribution in [0, 0.1) is 5.41 Å². The number of hydrogen-bond donors (Lipinski definition) is 2. The summed E-state index contributed by atoms with van der Waals surface area (Å²) in [4.78, 5) is 0. The number of allylic oxidation sites excluding steroid dienone is 10. The minimum atomic E-state index is -1.51. The van der Waals surface area contributed by atoms with Crippen LogP contribution in [0.1, 0.15) is 22.3 Å². The molecule has 0 saturated carbocycles. The fraction of sp³-hybridized carbons (Fsp3) is 0.0400. The van der Waals surface area contributed by atoms with Crippen molar-refractivity contribution in [3.05, 3.63) is 118 Å². The first kappa shape index (κ1) is 15.9. The van der Waals surface area contributed by atoms with Gasteiger partial charge in [-0.15, -0.1) is 0 Å². The molecule has 28 heavy (non-hydrogen) atoms. The van der Waals surface area contributed by atoms with Crippen molar-refractivity contribution in [3.8, 4) is 0 Å². The van der Waals surface area contributed by atoms with Crippen LogP contribution in [-0.2, 0) is 0 Å². The van der Waals surface area contributed by atoms with Crippen LogP contribution in [0.4, 0.5) is 0 Å². The maximum atomic E-state index is 10.0. The van der Waals surface area contributed by atoms with E-state index in [0.29, 0.717) is 5.47 Å². The molecule has 0 radical (unpaired) electrons. The third kappa shape index (κ3) is 1.95. The third-order valence-electron chi connectivity index (χ3n) is 6.20. The second-order valence-corrected chi connectivity index (χ2v) is 7.68. The molecule has 0 heterocycles. The molecule has 4 aliphatic carbocycles. The Balaban J connectivity index is 1.63. The van der Waals surface area contributed by atoms with E-state index in [4.69, 9.17) is 0 Å². The smallest absolute Gasteiger partial charge is 0.423 e. The highest BCUT2D eigenvalue weighted by molar-refractivity contribution is 6.52. The average Bonchev–Trinajstić information content (AvgIpc) is 3.28. The van der Waals surface area contributed by atoms with Gasteiger partial charge in [-0.2, -0.15) is 0 Å². The SMILES string of the molecule is OB(O)C1=CC2(C=CC=C3C2=Cc2ccccc23)C2=Cc3ccccc3C2=C1. The van der Waals surface area contributed by atoms with Gasteiger partial charge >= 0.3 is 7.12 Å². The van der Waals surface area contributed by atoms with Crippen LogP contribution in [0.25, 0.3) is 23.3 Å². The minimum Gasteiger partial charge on any atom is -0.423 e. The molecular weight excluding hydrogens is 343 g/mol. The molecule has 0 saturated heterocycles. The van der Waals surface area contributed by atoms with Gasteiger partial charge in [0.25, 0.3) is 0 Å². The second kappa shape index (κ2) is 5.45. The van der Waals surface area contributed by atoms with Crippen molar-refractivity contribution in [3.63, 3.8) is 0 Å². The topological polar surface area (TPSA) is 40.5 Å². The lowest BCUT2D eigenvalue weighted by molar-refractivity contribution is 0.419. The Hall–Kier alpha value is -3.14. The fourth-order valence-corrected chi connectivity index (χ4v) is 4.96. The van der Waals surface area contributed by atoms with E-state index in [-0.39, 0.29) is 0 Å². The first-order valence-corrected chi connectivity index (χ1v) is 9.51. The van der Waals surface area contributed by atoms with Gasteiger partial charge in [0, 0.05) is 0 Å². The zero-order valence-corrected chi connectivity index (χ0v) is 15.1. The molecule has 0 bridgehead atoms. The molecule has 2 aromatic carbocycles. The zero-order chi connectivity index (χ0) is 18.9. The van der Waals surface area contributed by atoms with E-state index in [0.717, 1.165) is 11.1 Å². The molecule has 132 valence electrons. The van der Waals surface area contributed by atoms with Gasteiger partial charge < -0.3 is 10.0 Å². The molecule has 0 fully saturated rings. The number of hydrogen-bond acceptors (Lipinski definition) is 2. The van der Waals surface area contributed by atoms with Crippen molar-refractivity contribution in [1.82, 2.24) is 0 Å². The molecule has 6 rings (SSSR count). The molecule has 0 amide bonds. The average molecular weight is 360 g/mol. The summed E-state index contributed by atoms with van der Waals surface area (Å²) in [5.41, 5.74) is 9.44. The van der Waals surface area contributed by atoms with Crippen molar-refractivity contribution in [2.45, 2.75) is 0 Å². The van der Waals surface area contributed by atoms with Crippen molar-refractivity contribution < 1.29 is 10.0 Å². The summed E-state index contributed by atoms with van der Waals surface area (Å²) >= 11 is 0. The van der Waals surface area contributed by atoms with Crippen molar-refractivity contribution in [2.24, 2.45) is 5.41 Å². The van der Waals surface area contributed by atoms with E-state index in [1.54, 1.807) is 0 Å². The van der Waals surface area contributed by atoms with E-state index < -0.39 is 12.5 Å². The highest BCUT2D eigenvalue weighted by atomic mass is 16.4. The van der Waals surface area contributed by atoms with Gasteiger partial charge in [0.2, 0.25) is 0 Å².